The van der Waals surface area contributed by atoms with E-state index in [1.54, 1.807) is 35.5 Å². The summed E-state index contributed by atoms with van der Waals surface area (Å²) in [5.41, 5.74) is 0.729. The predicted octanol–water partition coefficient (Wildman–Crippen LogP) is 2.16. The van der Waals surface area contributed by atoms with Crippen LogP contribution in [0.4, 0.5) is 0 Å². The van der Waals surface area contributed by atoms with Gasteiger partial charge < -0.3 is 5.11 Å². The highest BCUT2D eigenvalue weighted by Crippen LogP contribution is 2.26. The summed E-state index contributed by atoms with van der Waals surface area (Å²) in [5, 5.41) is 9.44. The number of nitrogens with zero attached hydrogens (tertiary/aromatic N) is 1. The fourth-order valence-corrected chi connectivity index (χ4v) is 3.95. The Morgan fingerprint density at radius 1 is 1.37 bits per heavy atom. The van der Waals surface area contributed by atoms with E-state index in [2.05, 4.69) is 6.92 Å². The number of hydrogen-bond donors (Lipinski definition) is 1. The van der Waals surface area contributed by atoms with E-state index in [9.17, 15) is 13.5 Å². The molecule has 106 valence electrons. The Balaban J connectivity index is 2.20. The SMILES string of the molecule is CCC1CCN(S(=O)(=O)c2ccc(C(C)O)cc2)C1. The van der Waals surface area contributed by atoms with E-state index < -0.39 is 16.1 Å². The molecule has 0 saturated carbocycles. The first-order chi connectivity index (χ1) is 8.95. The van der Waals surface area contributed by atoms with Gasteiger partial charge >= 0.3 is 0 Å². The van der Waals surface area contributed by atoms with Crippen LogP contribution in [-0.4, -0.2) is 30.9 Å². The zero-order valence-electron chi connectivity index (χ0n) is 11.4. The summed E-state index contributed by atoms with van der Waals surface area (Å²) in [6, 6.07) is 6.50. The summed E-state index contributed by atoms with van der Waals surface area (Å²) < 4.78 is 26.4. The zero-order valence-corrected chi connectivity index (χ0v) is 12.2. The van der Waals surface area contributed by atoms with Crippen LogP contribution >= 0.6 is 0 Å². The van der Waals surface area contributed by atoms with Gasteiger partial charge in [0.05, 0.1) is 11.0 Å². The van der Waals surface area contributed by atoms with Crippen molar-refractivity contribution in [2.45, 2.75) is 37.7 Å². The maximum atomic E-state index is 12.4. The van der Waals surface area contributed by atoms with Crippen LogP contribution in [0.1, 0.15) is 38.4 Å². The molecule has 5 heteroatoms. The minimum Gasteiger partial charge on any atom is -0.389 e. The van der Waals surface area contributed by atoms with Gasteiger partial charge in [0.1, 0.15) is 0 Å². The van der Waals surface area contributed by atoms with Crippen molar-refractivity contribution in [1.29, 1.82) is 0 Å². The molecular weight excluding hydrogens is 262 g/mol. The summed E-state index contributed by atoms with van der Waals surface area (Å²) in [4.78, 5) is 0.314. The highest BCUT2D eigenvalue weighted by Gasteiger charge is 2.31. The number of benzene rings is 1. The second-order valence-electron chi connectivity index (χ2n) is 5.17. The summed E-state index contributed by atoms with van der Waals surface area (Å²) in [5.74, 6) is 0.478. The van der Waals surface area contributed by atoms with Crippen molar-refractivity contribution in [3.63, 3.8) is 0 Å². The molecule has 0 radical (unpaired) electrons. The van der Waals surface area contributed by atoms with Crippen molar-refractivity contribution < 1.29 is 13.5 Å². The smallest absolute Gasteiger partial charge is 0.243 e. The number of aliphatic hydroxyl groups is 1. The largest absolute Gasteiger partial charge is 0.389 e. The number of hydrogen-bond acceptors (Lipinski definition) is 3. The molecule has 1 aliphatic heterocycles. The van der Waals surface area contributed by atoms with E-state index in [0.29, 0.717) is 23.9 Å². The van der Waals surface area contributed by atoms with Gasteiger partial charge in [-0.3, -0.25) is 0 Å². The molecule has 2 atom stereocenters. The topological polar surface area (TPSA) is 57.6 Å². The Hall–Kier alpha value is -0.910. The van der Waals surface area contributed by atoms with Crippen LogP contribution in [0.5, 0.6) is 0 Å². The van der Waals surface area contributed by atoms with E-state index >= 15 is 0 Å². The average molecular weight is 283 g/mol. The molecule has 1 aromatic rings. The highest BCUT2D eigenvalue weighted by molar-refractivity contribution is 7.89. The van der Waals surface area contributed by atoms with Gasteiger partial charge in [-0.15, -0.1) is 0 Å². The Bertz CT molecular complexity index is 522. The van der Waals surface area contributed by atoms with E-state index in [1.807, 2.05) is 0 Å². The van der Waals surface area contributed by atoms with Crippen LogP contribution < -0.4 is 0 Å². The fraction of sp³-hybridized carbons (Fsp3) is 0.571. The highest BCUT2D eigenvalue weighted by atomic mass is 32.2. The van der Waals surface area contributed by atoms with Crippen LogP contribution in [0.3, 0.4) is 0 Å². The number of aliphatic hydroxyl groups excluding tert-OH is 1. The lowest BCUT2D eigenvalue weighted by Crippen LogP contribution is -2.28. The molecule has 19 heavy (non-hydrogen) atoms. The maximum absolute atomic E-state index is 12.4. The summed E-state index contributed by atoms with van der Waals surface area (Å²) in [6.45, 7) is 4.99. The molecule has 1 saturated heterocycles. The van der Waals surface area contributed by atoms with Gasteiger partial charge in [0.15, 0.2) is 0 Å². The van der Waals surface area contributed by atoms with Crippen molar-refractivity contribution in [2.24, 2.45) is 5.92 Å². The van der Waals surface area contributed by atoms with E-state index in [-0.39, 0.29) is 0 Å². The van der Waals surface area contributed by atoms with Gasteiger partial charge in [-0.25, -0.2) is 8.42 Å². The Labute approximate surface area is 115 Å². The van der Waals surface area contributed by atoms with Crippen molar-refractivity contribution in [3.05, 3.63) is 29.8 Å². The standard InChI is InChI=1S/C14H21NO3S/c1-3-12-8-9-15(10-12)19(17,18)14-6-4-13(5-7-14)11(2)16/h4-7,11-12,16H,3,8-10H2,1-2H3. The first-order valence-corrected chi connectivity index (χ1v) is 8.17. The van der Waals surface area contributed by atoms with Crippen LogP contribution in [-0.2, 0) is 10.0 Å². The maximum Gasteiger partial charge on any atom is 0.243 e. The molecule has 1 aromatic carbocycles. The lowest BCUT2D eigenvalue weighted by atomic mass is 10.1. The van der Waals surface area contributed by atoms with Crippen LogP contribution in [0, 0.1) is 5.92 Å². The van der Waals surface area contributed by atoms with Gasteiger partial charge in [0, 0.05) is 13.1 Å². The van der Waals surface area contributed by atoms with Gasteiger partial charge in [-0.2, -0.15) is 4.31 Å². The van der Waals surface area contributed by atoms with Crippen molar-refractivity contribution in [1.82, 2.24) is 4.31 Å². The third-order valence-electron chi connectivity index (χ3n) is 3.83. The number of sulfonamides is 1. The Kier molecular flexibility index (Phi) is 4.28. The molecule has 0 bridgehead atoms. The molecule has 0 spiro atoms. The molecule has 1 fully saturated rings. The van der Waals surface area contributed by atoms with Crippen molar-refractivity contribution in [3.8, 4) is 0 Å². The van der Waals surface area contributed by atoms with E-state index in [1.165, 1.54) is 0 Å². The summed E-state index contributed by atoms with van der Waals surface area (Å²) >= 11 is 0. The molecule has 1 heterocycles. The van der Waals surface area contributed by atoms with Crippen LogP contribution in [0.25, 0.3) is 0 Å². The summed E-state index contributed by atoms with van der Waals surface area (Å²) in [6.07, 6.45) is 1.39. The predicted molar refractivity (Wildman–Crippen MR) is 74.2 cm³/mol. The third-order valence-corrected chi connectivity index (χ3v) is 5.71. The van der Waals surface area contributed by atoms with Gasteiger partial charge in [-0.05, 0) is 37.0 Å². The molecular formula is C14H21NO3S. The number of rotatable bonds is 4. The monoisotopic (exact) mass is 283 g/mol. The van der Waals surface area contributed by atoms with Gasteiger partial charge in [0.2, 0.25) is 10.0 Å². The van der Waals surface area contributed by atoms with Crippen LogP contribution in [0.2, 0.25) is 0 Å². The minimum absolute atomic E-state index is 0.314. The average Bonchev–Trinajstić information content (AvgIpc) is 2.88. The normalized spacial score (nSPS) is 22.6. The molecule has 2 unspecified atom stereocenters. The summed E-state index contributed by atoms with van der Waals surface area (Å²) in [7, 11) is -3.37. The minimum atomic E-state index is -3.37. The molecule has 1 aliphatic rings. The molecule has 0 amide bonds. The Morgan fingerprint density at radius 3 is 2.47 bits per heavy atom. The second kappa shape index (κ2) is 5.61. The lowest BCUT2D eigenvalue weighted by molar-refractivity contribution is 0.199. The first kappa shape index (κ1) is 14.5. The fourth-order valence-electron chi connectivity index (χ4n) is 2.42. The molecule has 2 rings (SSSR count). The first-order valence-electron chi connectivity index (χ1n) is 6.73. The van der Waals surface area contributed by atoms with E-state index in [4.69, 9.17) is 0 Å². The van der Waals surface area contributed by atoms with Crippen molar-refractivity contribution >= 4 is 10.0 Å². The van der Waals surface area contributed by atoms with Crippen LogP contribution in [0.15, 0.2) is 29.2 Å². The van der Waals surface area contributed by atoms with Gasteiger partial charge in [-0.1, -0.05) is 25.5 Å². The third kappa shape index (κ3) is 2.99. The van der Waals surface area contributed by atoms with E-state index in [0.717, 1.165) is 18.4 Å². The van der Waals surface area contributed by atoms with Crippen molar-refractivity contribution in [2.75, 3.05) is 13.1 Å². The molecule has 1 N–H and O–H groups in total. The lowest BCUT2D eigenvalue weighted by Gasteiger charge is -2.17. The quantitative estimate of drug-likeness (QED) is 0.921. The second-order valence-corrected chi connectivity index (χ2v) is 7.11. The Morgan fingerprint density at radius 2 is 2.00 bits per heavy atom. The zero-order chi connectivity index (χ0) is 14.0. The molecule has 4 nitrogen and oxygen atoms in total. The molecule has 0 aromatic heterocycles. The van der Waals surface area contributed by atoms with Gasteiger partial charge in [0.25, 0.3) is 0 Å². The molecule has 0 aliphatic carbocycles.